The number of carboxylic acid groups (broad SMARTS) is 1. The van der Waals surface area contributed by atoms with Gasteiger partial charge in [0.15, 0.2) is 5.60 Å². The Balaban J connectivity index is 1.54. The van der Waals surface area contributed by atoms with Gasteiger partial charge < -0.3 is 14.7 Å². The fraction of sp³-hybridized carbons (Fsp3) is 0.231. The lowest BCUT2D eigenvalue weighted by molar-refractivity contribution is -0.146. The Morgan fingerprint density at radius 2 is 1.68 bits per heavy atom. The number of carboxylic acids is 1. The highest BCUT2D eigenvalue weighted by molar-refractivity contribution is 5.73. The van der Waals surface area contributed by atoms with Crippen LogP contribution in [0.5, 0.6) is 0 Å². The van der Waals surface area contributed by atoms with Crippen molar-refractivity contribution in [3.05, 3.63) is 95.3 Å². The molecule has 0 saturated carbocycles. The molecule has 34 heavy (non-hydrogen) atoms. The summed E-state index contributed by atoms with van der Waals surface area (Å²) in [7, 11) is 0. The predicted molar refractivity (Wildman–Crippen MR) is 118 cm³/mol. The summed E-state index contributed by atoms with van der Waals surface area (Å²) in [5.74, 6) is -2.94. The molecule has 1 heterocycles. The molecule has 2 atom stereocenters. The standard InChI is InChI=1S/C26H22F3NO4/c1-16(17-2-4-18(5-3-17)22-11-10-21(28)14-23(22)29)30-13-12-26(15-24(31)32,34-25(30)33)19-6-8-20(27)9-7-19/h2-11,14,16H,12-13,15H2,1H3,(H,31,32)/t16-,26-/m0/s1. The van der Waals surface area contributed by atoms with Crippen LogP contribution in [0.25, 0.3) is 11.1 Å². The number of nitrogens with zero attached hydrogens (tertiary/aromatic N) is 1. The van der Waals surface area contributed by atoms with Gasteiger partial charge in [-0.1, -0.05) is 36.4 Å². The average Bonchev–Trinajstić information content (AvgIpc) is 2.79. The van der Waals surface area contributed by atoms with Gasteiger partial charge in [-0.05, 0) is 47.9 Å². The molecule has 8 heteroatoms. The maximum atomic E-state index is 14.1. The molecule has 1 aliphatic heterocycles. The van der Waals surface area contributed by atoms with Gasteiger partial charge in [0.05, 0.1) is 12.5 Å². The molecule has 0 aromatic heterocycles. The Morgan fingerprint density at radius 3 is 2.26 bits per heavy atom. The minimum Gasteiger partial charge on any atom is -0.481 e. The van der Waals surface area contributed by atoms with Crippen molar-refractivity contribution in [3.8, 4) is 11.1 Å². The van der Waals surface area contributed by atoms with Crippen LogP contribution < -0.4 is 0 Å². The van der Waals surface area contributed by atoms with E-state index in [2.05, 4.69) is 0 Å². The largest absolute Gasteiger partial charge is 0.481 e. The SMILES string of the molecule is C[C@@H](c1ccc(-c2ccc(F)cc2F)cc1)N1CC[C@](CC(=O)O)(c2ccc(F)cc2)OC1=O. The number of ether oxygens (including phenoxy) is 1. The van der Waals surface area contributed by atoms with E-state index in [9.17, 15) is 27.9 Å². The number of carbonyl (C=O) groups is 2. The minimum absolute atomic E-state index is 0.208. The molecule has 1 N–H and O–H groups in total. The van der Waals surface area contributed by atoms with Crippen molar-refractivity contribution < 1.29 is 32.6 Å². The molecule has 0 bridgehead atoms. The predicted octanol–water partition coefficient (Wildman–Crippen LogP) is 6.04. The summed E-state index contributed by atoms with van der Waals surface area (Å²) in [6.07, 6.45) is -0.914. The van der Waals surface area contributed by atoms with Crippen LogP contribution in [0, 0.1) is 17.5 Å². The third-order valence-corrected chi connectivity index (χ3v) is 6.18. The summed E-state index contributed by atoms with van der Waals surface area (Å²) in [4.78, 5) is 26.0. The third-order valence-electron chi connectivity index (χ3n) is 6.18. The van der Waals surface area contributed by atoms with Gasteiger partial charge in [-0.15, -0.1) is 0 Å². The summed E-state index contributed by atoms with van der Waals surface area (Å²) in [5, 5.41) is 9.41. The van der Waals surface area contributed by atoms with Crippen LogP contribution in [-0.2, 0) is 15.1 Å². The van der Waals surface area contributed by atoms with E-state index in [4.69, 9.17) is 4.74 Å². The van der Waals surface area contributed by atoms with Crippen molar-refractivity contribution in [1.29, 1.82) is 0 Å². The number of hydrogen-bond acceptors (Lipinski definition) is 3. The molecule has 0 aliphatic carbocycles. The number of carbonyl (C=O) groups excluding carboxylic acids is 1. The molecule has 176 valence electrons. The Kier molecular flexibility index (Phi) is 6.32. The smallest absolute Gasteiger partial charge is 0.411 e. The van der Waals surface area contributed by atoms with Crippen molar-refractivity contribution in [3.63, 3.8) is 0 Å². The van der Waals surface area contributed by atoms with Gasteiger partial charge in [0, 0.05) is 24.6 Å². The average molecular weight is 469 g/mol. The lowest BCUT2D eigenvalue weighted by Gasteiger charge is -2.42. The van der Waals surface area contributed by atoms with E-state index in [1.54, 1.807) is 31.2 Å². The van der Waals surface area contributed by atoms with Gasteiger partial charge in [0.2, 0.25) is 0 Å². The molecule has 4 rings (SSSR count). The van der Waals surface area contributed by atoms with E-state index in [0.29, 0.717) is 11.1 Å². The van der Waals surface area contributed by atoms with Gasteiger partial charge in [0.1, 0.15) is 17.5 Å². The Hall–Kier alpha value is -3.81. The number of benzene rings is 3. The molecule has 3 aromatic rings. The second-order valence-corrected chi connectivity index (χ2v) is 8.31. The summed E-state index contributed by atoms with van der Waals surface area (Å²) >= 11 is 0. The van der Waals surface area contributed by atoms with Crippen molar-refractivity contribution in [2.24, 2.45) is 0 Å². The molecule has 0 radical (unpaired) electrons. The summed E-state index contributed by atoms with van der Waals surface area (Å²) in [6.45, 7) is 2.02. The van der Waals surface area contributed by atoms with Gasteiger partial charge in [-0.2, -0.15) is 0 Å². The van der Waals surface area contributed by atoms with Crippen LogP contribution in [0.2, 0.25) is 0 Å². The first-order valence-corrected chi connectivity index (χ1v) is 10.7. The molecule has 1 fully saturated rings. The second-order valence-electron chi connectivity index (χ2n) is 8.31. The first-order valence-electron chi connectivity index (χ1n) is 10.7. The third kappa shape index (κ3) is 4.62. The van der Waals surface area contributed by atoms with Crippen LogP contribution >= 0.6 is 0 Å². The summed E-state index contributed by atoms with van der Waals surface area (Å²) in [6, 6.07) is 15.1. The highest BCUT2D eigenvalue weighted by Crippen LogP contribution is 2.40. The molecule has 1 saturated heterocycles. The van der Waals surface area contributed by atoms with Gasteiger partial charge in [0.25, 0.3) is 0 Å². The van der Waals surface area contributed by atoms with Gasteiger partial charge >= 0.3 is 12.1 Å². The molecular weight excluding hydrogens is 447 g/mol. The van der Waals surface area contributed by atoms with Crippen LogP contribution in [-0.4, -0.2) is 28.6 Å². The number of amides is 1. The zero-order valence-corrected chi connectivity index (χ0v) is 18.3. The van der Waals surface area contributed by atoms with Crippen molar-refractivity contribution in [1.82, 2.24) is 4.90 Å². The number of halogens is 3. The second kappa shape index (κ2) is 9.21. The first kappa shape index (κ1) is 23.4. The van der Waals surface area contributed by atoms with E-state index in [0.717, 1.165) is 11.6 Å². The fourth-order valence-electron chi connectivity index (χ4n) is 4.29. The van der Waals surface area contributed by atoms with Crippen molar-refractivity contribution in [2.45, 2.75) is 31.4 Å². The fourth-order valence-corrected chi connectivity index (χ4v) is 4.29. The molecule has 0 spiro atoms. The van der Waals surface area contributed by atoms with Crippen molar-refractivity contribution >= 4 is 12.1 Å². The van der Waals surface area contributed by atoms with E-state index in [1.807, 2.05) is 0 Å². The lowest BCUT2D eigenvalue weighted by atomic mass is 9.85. The van der Waals surface area contributed by atoms with Crippen molar-refractivity contribution in [2.75, 3.05) is 6.54 Å². The highest BCUT2D eigenvalue weighted by Gasteiger charge is 2.45. The molecule has 5 nitrogen and oxygen atoms in total. The number of hydrogen-bond donors (Lipinski definition) is 1. The topological polar surface area (TPSA) is 66.8 Å². The number of rotatable bonds is 6. The maximum Gasteiger partial charge on any atom is 0.411 e. The molecular formula is C26H22F3NO4. The quantitative estimate of drug-likeness (QED) is 0.478. The lowest BCUT2D eigenvalue weighted by Crippen LogP contribution is -2.49. The molecule has 1 amide bonds. The van der Waals surface area contributed by atoms with Crippen LogP contribution in [0.15, 0.2) is 66.7 Å². The minimum atomic E-state index is -1.39. The van der Waals surface area contributed by atoms with Crippen LogP contribution in [0.3, 0.4) is 0 Å². The zero-order valence-electron chi connectivity index (χ0n) is 18.3. The summed E-state index contributed by atoms with van der Waals surface area (Å²) < 4.78 is 46.3. The highest BCUT2D eigenvalue weighted by atomic mass is 19.1. The zero-order chi connectivity index (χ0) is 24.5. The van der Waals surface area contributed by atoms with E-state index >= 15 is 0 Å². The van der Waals surface area contributed by atoms with E-state index in [-0.39, 0.29) is 18.5 Å². The molecule has 1 aliphatic rings. The van der Waals surface area contributed by atoms with Crippen LogP contribution in [0.4, 0.5) is 18.0 Å². The van der Waals surface area contributed by atoms with Gasteiger partial charge in [-0.25, -0.2) is 18.0 Å². The maximum absolute atomic E-state index is 14.1. The van der Waals surface area contributed by atoms with Crippen LogP contribution in [0.1, 0.15) is 36.9 Å². The Labute approximate surface area is 194 Å². The number of cyclic esters (lactones) is 1. The number of aliphatic carboxylic acids is 1. The van der Waals surface area contributed by atoms with Gasteiger partial charge in [-0.3, -0.25) is 4.79 Å². The summed E-state index contributed by atoms with van der Waals surface area (Å²) in [5.41, 5.74) is 0.608. The normalized spacial score (nSPS) is 18.9. The van der Waals surface area contributed by atoms with E-state index < -0.39 is 47.6 Å². The molecule has 0 unspecified atom stereocenters. The first-order chi connectivity index (χ1) is 16.2. The monoisotopic (exact) mass is 469 g/mol. The Morgan fingerprint density at radius 1 is 1.03 bits per heavy atom. The van der Waals surface area contributed by atoms with E-state index in [1.165, 1.54) is 41.3 Å². The Bertz CT molecular complexity index is 1210. The molecule has 3 aromatic carbocycles.